The number of thiol groups is 1. The number of aliphatic hydroxyl groups excluding tert-OH is 1. The maximum atomic E-state index is 11.7. The van der Waals surface area contributed by atoms with Gasteiger partial charge in [0, 0.05) is 55.0 Å². The second-order valence-corrected chi connectivity index (χ2v) is 9.00. The fourth-order valence-corrected chi connectivity index (χ4v) is 3.72. The van der Waals surface area contributed by atoms with E-state index in [0.717, 1.165) is 11.8 Å². The highest BCUT2D eigenvalue weighted by Crippen LogP contribution is 2.29. The van der Waals surface area contributed by atoms with Crippen LogP contribution in [0, 0.1) is 6.92 Å². The summed E-state index contributed by atoms with van der Waals surface area (Å²) in [6.07, 6.45) is 0.329. The molecule has 1 aliphatic rings. The first-order chi connectivity index (χ1) is 16.5. The van der Waals surface area contributed by atoms with E-state index in [1.807, 2.05) is 0 Å². The van der Waals surface area contributed by atoms with E-state index in [1.165, 1.54) is 24.6 Å². The van der Waals surface area contributed by atoms with E-state index in [2.05, 4.69) is 38.3 Å². The van der Waals surface area contributed by atoms with E-state index in [-0.39, 0.29) is 35.7 Å². The molecule has 1 fully saturated rings. The Bertz CT molecular complexity index is 1050. The summed E-state index contributed by atoms with van der Waals surface area (Å²) >= 11 is 5.12. The summed E-state index contributed by atoms with van der Waals surface area (Å²) in [7, 11) is 0. The number of carbonyl (C=O) groups excluding carboxylic acids is 3. The average Bonchev–Trinajstić information content (AvgIpc) is 3.20. The Kier molecular flexibility index (Phi) is 13.2. The molecule has 1 saturated heterocycles. The van der Waals surface area contributed by atoms with E-state index in [0.29, 0.717) is 17.9 Å². The van der Waals surface area contributed by atoms with Crippen molar-refractivity contribution in [2.45, 2.75) is 51.6 Å². The maximum absolute atomic E-state index is 11.7. The van der Waals surface area contributed by atoms with Crippen molar-refractivity contribution in [2.24, 2.45) is 5.11 Å². The smallest absolute Gasteiger partial charge is 0.330 e. The van der Waals surface area contributed by atoms with Crippen LogP contribution >= 0.6 is 24.4 Å². The number of thioether (sulfide) groups is 1. The minimum atomic E-state index is -0.671. The molecule has 1 aromatic heterocycles. The lowest BCUT2D eigenvalue weighted by Crippen LogP contribution is -2.47. The maximum Gasteiger partial charge on any atom is 0.330 e. The van der Waals surface area contributed by atoms with Crippen LogP contribution in [0.25, 0.3) is 10.4 Å². The molecule has 0 aromatic carbocycles. The summed E-state index contributed by atoms with van der Waals surface area (Å²) in [5.74, 6) is 0.216. The van der Waals surface area contributed by atoms with Crippen molar-refractivity contribution in [2.75, 3.05) is 24.7 Å². The Morgan fingerprint density at radius 3 is 2.66 bits per heavy atom. The Hall–Kier alpha value is -2.78. The third-order valence-electron chi connectivity index (χ3n) is 4.62. The summed E-state index contributed by atoms with van der Waals surface area (Å²) in [4.78, 5) is 60.7. The molecule has 2 amide bonds. The third kappa shape index (κ3) is 10.2. The van der Waals surface area contributed by atoms with E-state index in [4.69, 9.17) is 15.4 Å². The number of hydrogen-bond acceptors (Lipinski definition) is 10. The fraction of sp³-hybridized carbons (Fsp3) is 0.632. The van der Waals surface area contributed by atoms with Gasteiger partial charge in [0.25, 0.3) is 5.56 Å². The minimum Gasteiger partial charge on any atom is -0.394 e. The summed E-state index contributed by atoms with van der Waals surface area (Å²) in [5.41, 5.74) is 7.76. The van der Waals surface area contributed by atoms with Crippen LogP contribution in [0.5, 0.6) is 0 Å². The summed E-state index contributed by atoms with van der Waals surface area (Å²) in [6, 6.07) is -1.16. The van der Waals surface area contributed by atoms with Gasteiger partial charge in [-0.3, -0.25) is 28.7 Å². The lowest BCUT2D eigenvalue weighted by molar-refractivity contribution is -0.127. The number of nitrogens with zero attached hydrogens (tertiary/aromatic N) is 4. The molecular weight excluding hydrogens is 502 g/mol. The van der Waals surface area contributed by atoms with Crippen LogP contribution in [0.4, 0.5) is 0 Å². The molecule has 35 heavy (non-hydrogen) atoms. The van der Waals surface area contributed by atoms with Crippen molar-refractivity contribution >= 4 is 41.3 Å². The van der Waals surface area contributed by atoms with Crippen molar-refractivity contribution in [3.05, 3.63) is 43.0 Å². The quantitative estimate of drug-likeness (QED) is 0.0930. The highest BCUT2D eigenvalue weighted by Gasteiger charge is 2.35. The molecule has 4 atom stereocenters. The average molecular weight is 532 g/mol. The van der Waals surface area contributed by atoms with E-state index >= 15 is 0 Å². The second-order valence-electron chi connectivity index (χ2n) is 7.37. The van der Waals surface area contributed by atoms with Crippen molar-refractivity contribution in [1.82, 2.24) is 20.2 Å². The lowest BCUT2D eigenvalue weighted by Gasteiger charge is -2.14. The van der Waals surface area contributed by atoms with E-state index < -0.39 is 35.7 Å². The first-order valence-corrected chi connectivity index (χ1v) is 12.1. The molecule has 2 heterocycles. The molecule has 4 N–H and O–H groups in total. The van der Waals surface area contributed by atoms with Crippen LogP contribution in [0.3, 0.4) is 0 Å². The number of rotatable bonds is 9. The Balaban J connectivity index is 0.000000357. The predicted octanol–water partition coefficient (Wildman–Crippen LogP) is -0.379. The number of ether oxygens (including phenoxy) is 1. The zero-order valence-corrected chi connectivity index (χ0v) is 21.2. The van der Waals surface area contributed by atoms with Gasteiger partial charge in [0.05, 0.1) is 18.8 Å². The van der Waals surface area contributed by atoms with Crippen molar-refractivity contribution < 1.29 is 24.2 Å². The molecule has 0 aliphatic carbocycles. The standard InChI is InChI=1S/C10H13N5O4.C9H16N2O3S2/c1-5-3-15(10(18)12-9(5)17)8-2-6(13-14-11)7(4-16)19-8;1-6(12)11-8(5-15)9(14)10-3-4-16-7(2)13/h3,6-8,16H,2,4H2,1H3,(H,12,17,18);8,15H,3-5H2,1-2H3,(H,10,14)(H,11,12)/t6-,7+,8+;8-/m00/s1. The molecule has 0 radical (unpaired) electrons. The van der Waals surface area contributed by atoms with Crippen molar-refractivity contribution in [3.63, 3.8) is 0 Å². The number of nitrogens with one attached hydrogen (secondary N) is 3. The number of hydrogen-bond donors (Lipinski definition) is 5. The molecule has 194 valence electrons. The van der Waals surface area contributed by atoms with Gasteiger partial charge in [-0.25, -0.2) is 4.79 Å². The largest absolute Gasteiger partial charge is 0.394 e. The van der Waals surface area contributed by atoms with Crippen LogP contribution in [0.2, 0.25) is 0 Å². The van der Waals surface area contributed by atoms with Gasteiger partial charge >= 0.3 is 5.69 Å². The first kappa shape index (κ1) is 30.3. The Morgan fingerprint density at radius 2 is 2.11 bits per heavy atom. The van der Waals surface area contributed by atoms with Gasteiger partial charge in [-0.15, -0.1) is 0 Å². The molecule has 0 unspecified atom stereocenters. The molecule has 2 rings (SSSR count). The minimum absolute atomic E-state index is 0.0156. The number of aromatic nitrogens is 2. The van der Waals surface area contributed by atoms with Crippen LogP contribution in [-0.4, -0.2) is 74.4 Å². The van der Waals surface area contributed by atoms with E-state index in [1.54, 1.807) is 6.92 Å². The number of carbonyl (C=O) groups is 3. The fourth-order valence-electron chi connectivity index (χ4n) is 2.97. The van der Waals surface area contributed by atoms with Gasteiger partial charge in [-0.2, -0.15) is 12.6 Å². The SMILES string of the molecule is CC(=O)N[C@@H](CS)C(=O)NCCSC(C)=O.Cc1cn([C@H]2C[C@H](N=[N+]=[N-])[C@@H](CO)O2)c(=O)[nH]c1=O. The zero-order chi connectivity index (χ0) is 26.5. The second kappa shape index (κ2) is 15.3. The molecule has 0 spiro atoms. The van der Waals surface area contributed by atoms with Gasteiger partial charge in [0.15, 0.2) is 5.12 Å². The zero-order valence-electron chi connectivity index (χ0n) is 19.5. The molecule has 0 saturated carbocycles. The summed E-state index contributed by atoms with van der Waals surface area (Å²) < 4.78 is 6.69. The number of aryl methyl sites for hydroxylation is 1. The predicted molar refractivity (Wildman–Crippen MR) is 132 cm³/mol. The van der Waals surface area contributed by atoms with Crippen molar-refractivity contribution in [3.8, 4) is 0 Å². The van der Waals surface area contributed by atoms with Crippen LogP contribution < -0.4 is 21.9 Å². The highest BCUT2D eigenvalue weighted by atomic mass is 32.2. The Morgan fingerprint density at radius 1 is 1.43 bits per heavy atom. The number of aliphatic hydroxyl groups is 1. The number of amides is 2. The molecular formula is C19H29N7O7S2. The monoisotopic (exact) mass is 531 g/mol. The molecule has 0 bridgehead atoms. The number of azide groups is 1. The summed E-state index contributed by atoms with van der Waals surface area (Å²) in [5, 5.41) is 17.8. The van der Waals surface area contributed by atoms with Gasteiger partial charge in [0.1, 0.15) is 12.3 Å². The third-order valence-corrected chi connectivity index (χ3v) is 5.80. The van der Waals surface area contributed by atoms with Crippen LogP contribution in [0.15, 0.2) is 20.9 Å². The topological polar surface area (TPSA) is 208 Å². The number of H-pyrrole nitrogens is 1. The van der Waals surface area contributed by atoms with E-state index in [9.17, 15) is 24.0 Å². The van der Waals surface area contributed by atoms with Gasteiger partial charge < -0.3 is 20.5 Å². The highest BCUT2D eigenvalue weighted by molar-refractivity contribution is 8.13. The van der Waals surface area contributed by atoms with Crippen molar-refractivity contribution in [1.29, 1.82) is 0 Å². The van der Waals surface area contributed by atoms with Gasteiger partial charge in [-0.1, -0.05) is 16.9 Å². The Labute approximate surface area is 210 Å². The molecule has 1 aromatic rings. The lowest BCUT2D eigenvalue weighted by atomic mass is 10.1. The molecule has 14 nitrogen and oxygen atoms in total. The van der Waals surface area contributed by atoms with Gasteiger partial charge in [-0.05, 0) is 12.5 Å². The number of aromatic amines is 1. The van der Waals surface area contributed by atoms with Crippen LogP contribution in [-0.2, 0) is 19.1 Å². The molecule has 1 aliphatic heterocycles. The first-order valence-electron chi connectivity index (χ1n) is 10.5. The van der Waals surface area contributed by atoms with Crippen LogP contribution in [0.1, 0.15) is 32.1 Å². The van der Waals surface area contributed by atoms with Gasteiger partial charge in [0.2, 0.25) is 11.8 Å². The normalized spacial score (nSPS) is 19.5. The summed E-state index contributed by atoms with van der Waals surface area (Å²) in [6.45, 7) is 4.47. The molecule has 16 heteroatoms.